The first-order chi connectivity index (χ1) is 12.5. The molecule has 27 heavy (non-hydrogen) atoms. The molecule has 0 saturated carbocycles. The van der Waals surface area contributed by atoms with Gasteiger partial charge in [0.25, 0.3) is 0 Å². The highest BCUT2D eigenvalue weighted by Gasteiger charge is 2.26. The molecule has 1 aliphatic rings. The lowest BCUT2D eigenvalue weighted by Gasteiger charge is -2.36. The van der Waals surface area contributed by atoms with E-state index in [1.54, 1.807) is 28.8 Å². The minimum absolute atomic E-state index is 0.285. The number of piperazine rings is 1. The molecule has 0 unspecified atom stereocenters. The fourth-order valence-electron chi connectivity index (χ4n) is 2.47. The van der Waals surface area contributed by atoms with Gasteiger partial charge < -0.3 is 14.5 Å². The van der Waals surface area contributed by atoms with Gasteiger partial charge in [-0.05, 0) is 38.5 Å². The molecule has 2 rings (SSSR count). The maximum absolute atomic E-state index is 12.1. The summed E-state index contributed by atoms with van der Waals surface area (Å²) in [5, 5.41) is 0. The van der Waals surface area contributed by atoms with Crippen LogP contribution in [-0.2, 0) is 20.3 Å². The minimum Gasteiger partial charge on any atom is -0.444 e. The number of carbonyl (C=O) groups is 1. The highest BCUT2D eigenvalue weighted by molar-refractivity contribution is 8.22. The third kappa shape index (κ3) is 6.97. The summed E-state index contributed by atoms with van der Waals surface area (Å²) in [5.41, 5.74) is 0.522. The van der Waals surface area contributed by atoms with Crippen LogP contribution >= 0.6 is 24.0 Å². The first-order valence-corrected chi connectivity index (χ1v) is 11.9. The van der Waals surface area contributed by atoms with Gasteiger partial charge >= 0.3 is 6.09 Å². The summed E-state index contributed by atoms with van der Waals surface area (Å²) >= 11 is 7.05. The SMILES string of the molecule is CC(C)(C)OC(=O)N1CCN(C(=S)SCc2ccc(S(C)(=O)=O)cc2)CC1. The predicted octanol–water partition coefficient (Wildman–Crippen LogP) is 3.16. The van der Waals surface area contributed by atoms with Gasteiger partial charge in [0.1, 0.15) is 9.92 Å². The lowest BCUT2D eigenvalue weighted by atomic mass is 10.2. The molecule has 1 fully saturated rings. The topological polar surface area (TPSA) is 66.9 Å². The highest BCUT2D eigenvalue weighted by atomic mass is 32.2. The summed E-state index contributed by atoms with van der Waals surface area (Å²) < 4.78 is 29.2. The first kappa shape index (κ1) is 22.0. The van der Waals surface area contributed by atoms with Crippen LogP contribution in [0.2, 0.25) is 0 Å². The molecule has 0 aliphatic carbocycles. The lowest BCUT2D eigenvalue weighted by molar-refractivity contribution is 0.0189. The molecular formula is C18H26N2O4S3. The number of hydrogen-bond acceptors (Lipinski definition) is 6. The zero-order valence-corrected chi connectivity index (χ0v) is 18.5. The number of thioether (sulfide) groups is 1. The van der Waals surface area contributed by atoms with Crippen LogP contribution in [0.25, 0.3) is 0 Å². The van der Waals surface area contributed by atoms with Crippen molar-refractivity contribution < 1.29 is 17.9 Å². The normalized spacial score (nSPS) is 15.6. The first-order valence-electron chi connectivity index (χ1n) is 8.64. The summed E-state index contributed by atoms with van der Waals surface area (Å²) in [6.07, 6.45) is 0.912. The Morgan fingerprint density at radius 1 is 1.11 bits per heavy atom. The van der Waals surface area contributed by atoms with Gasteiger partial charge in [0, 0.05) is 38.2 Å². The fourth-order valence-corrected chi connectivity index (χ4v) is 4.30. The molecule has 0 bridgehead atoms. The lowest BCUT2D eigenvalue weighted by Crippen LogP contribution is -2.50. The molecular weight excluding hydrogens is 404 g/mol. The Morgan fingerprint density at radius 3 is 2.11 bits per heavy atom. The third-order valence-electron chi connectivity index (χ3n) is 3.90. The Balaban J connectivity index is 1.80. The average molecular weight is 431 g/mol. The standard InChI is InChI=1S/C18H26N2O4S3/c1-18(2,3)24-16(21)19-9-11-20(12-10-19)17(25)26-13-14-5-7-15(8-6-14)27(4,22)23/h5-8H,9-13H2,1-4H3. The van der Waals surface area contributed by atoms with Crippen LogP contribution < -0.4 is 0 Å². The van der Waals surface area contributed by atoms with E-state index in [-0.39, 0.29) is 6.09 Å². The van der Waals surface area contributed by atoms with E-state index in [0.717, 1.165) is 9.88 Å². The number of benzene rings is 1. The van der Waals surface area contributed by atoms with Crippen LogP contribution in [0.4, 0.5) is 4.79 Å². The molecule has 1 amide bonds. The molecule has 1 aromatic carbocycles. The van der Waals surface area contributed by atoms with Gasteiger partial charge in [-0.3, -0.25) is 0 Å². The van der Waals surface area contributed by atoms with E-state index in [9.17, 15) is 13.2 Å². The Labute approximate surface area is 171 Å². The molecule has 1 aromatic rings. The number of amides is 1. The van der Waals surface area contributed by atoms with Crippen LogP contribution in [0.3, 0.4) is 0 Å². The number of rotatable bonds is 3. The van der Waals surface area contributed by atoms with E-state index in [0.29, 0.717) is 36.8 Å². The van der Waals surface area contributed by atoms with Gasteiger partial charge in [-0.2, -0.15) is 0 Å². The number of thiocarbonyl (C=S) groups is 1. The summed E-state index contributed by atoms with van der Waals surface area (Å²) in [5.74, 6) is 0.676. The van der Waals surface area contributed by atoms with Crippen LogP contribution in [0.1, 0.15) is 26.3 Å². The molecule has 150 valence electrons. The molecule has 9 heteroatoms. The van der Waals surface area contributed by atoms with Gasteiger partial charge in [0.05, 0.1) is 4.90 Å². The fraction of sp³-hybridized carbons (Fsp3) is 0.556. The second-order valence-corrected chi connectivity index (χ2v) is 11.1. The number of ether oxygens (including phenoxy) is 1. The Hall–Kier alpha value is -1.32. The van der Waals surface area contributed by atoms with Crippen molar-refractivity contribution in [1.29, 1.82) is 0 Å². The van der Waals surface area contributed by atoms with E-state index < -0.39 is 15.4 Å². The van der Waals surface area contributed by atoms with E-state index in [1.807, 2.05) is 32.9 Å². The van der Waals surface area contributed by atoms with Gasteiger partial charge in [-0.1, -0.05) is 36.1 Å². The smallest absolute Gasteiger partial charge is 0.410 e. The van der Waals surface area contributed by atoms with E-state index in [2.05, 4.69) is 4.90 Å². The largest absolute Gasteiger partial charge is 0.444 e. The van der Waals surface area contributed by atoms with Crippen molar-refractivity contribution in [2.45, 2.75) is 37.0 Å². The van der Waals surface area contributed by atoms with E-state index in [4.69, 9.17) is 17.0 Å². The van der Waals surface area contributed by atoms with Crippen molar-refractivity contribution >= 4 is 44.2 Å². The minimum atomic E-state index is -3.18. The monoisotopic (exact) mass is 430 g/mol. The van der Waals surface area contributed by atoms with Gasteiger partial charge in [0.2, 0.25) is 0 Å². The number of sulfone groups is 1. The molecule has 1 heterocycles. The second kappa shape index (κ2) is 8.79. The molecule has 1 saturated heterocycles. The van der Waals surface area contributed by atoms with Crippen molar-refractivity contribution in [3.05, 3.63) is 29.8 Å². The molecule has 0 aromatic heterocycles. The number of nitrogens with zero attached hydrogens (tertiary/aromatic N) is 2. The number of hydrogen-bond donors (Lipinski definition) is 0. The van der Waals surface area contributed by atoms with Gasteiger partial charge in [-0.25, -0.2) is 13.2 Å². The van der Waals surface area contributed by atoms with E-state index >= 15 is 0 Å². The molecule has 6 nitrogen and oxygen atoms in total. The van der Waals surface area contributed by atoms with Crippen molar-refractivity contribution in [3.8, 4) is 0 Å². The molecule has 0 N–H and O–H groups in total. The molecule has 1 aliphatic heterocycles. The summed E-state index contributed by atoms with van der Waals surface area (Å²) in [7, 11) is -3.18. The highest BCUT2D eigenvalue weighted by Crippen LogP contribution is 2.20. The maximum Gasteiger partial charge on any atom is 0.410 e. The second-order valence-electron chi connectivity index (χ2n) is 7.43. The summed E-state index contributed by atoms with van der Waals surface area (Å²) in [6.45, 7) is 8.09. The van der Waals surface area contributed by atoms with Crippen LogP contribution in [0, 0.1) is 0 Å². The molecule has 0 atom stereocenters. The van der Waals surface area contributed by atoms with Crippen LogP contribution in [-0.4, -0.2) is 66.7 Å². The van der Waals surface area contributed by atoms with Crippen LogP contribution in [0.15, 0.2) is 29.2 Å². The van der Waals surface area contributed by atoms with E-state index in [1.165, 1.54) is 6.26 Å². The van der Waals surface area contributed by atoms with Crippen molar-refractivity contribution in [2.24, 2.45) is 0 Å². The molecule has 0 radical (unpaired) electrons. The van der Waals surface area contributed by atoms with Gasteiger partial charge in [-0.15, -0.1) is 0 Å². The maximum atomic E-state index is 12.1. The van der Waals surface area contributed by atoms with Crippen LogP contribution in [0.5, 0.6) is 0 Å². The van der Waals surface area contributed by atoms with Crippen molar-refractivity contribution in [2.75, 3.05) is 32.4 Å². The Kier molecular flexibility index (Phi) is 7.15. The zero-order valence-electron chi connectivity index (χ0n) is 16.1. The Bertz CT molecular complexity index is 778. The van der Waals surface area contributed by atoms with Crippen molar-refractivity contribution in [1.82, 2.24) is 9.80 Å². The predicted molar refractivity (Wildman–Crippen MR) is 113 cm³/mol. The summed E-state index contributed by atoms with van der Waals surface area (Å²) in [6, 6.07) is 6.86. The van der Waals surface area contributed by atoms with Gasteiger partial charge in [0.15, 0.2) is 9.84 Å². The zero-order chi connectivity index (χ0) is 20.2. The third-order valence-corrected chi connectivity index (χ3v) is 6.63. The van der Waals surface area contributed by atoms with Crippen molar-refractivity contribution in [3.63, 3.8) is 0 Å². The number of carbonyl (C=O) groups excluding carboxylic acids is 1. The summed E-state index contributed by atoms with van der Waals surface area (Å²) in [4.78, 5) is 16.2. The quantitative estimate of drug-likeness (QED) is 0.682. The molecule has 0 spiro atoms. The average Bonchev–Trinajstić information content (AvgIpc) is 2.58. The Morgan fingerprint density at radius 2 is 1.63 bits per heavy atom.